The van der Waals surface area contributed by atoms with E-state index in [1.54, 1.807) is 103 Å². The molecule has 1 aliphatic heterocycles. The van der Waals surface area contributed by atoms with E-state index in [9.17, 15) is 19.2 Å². The van der Waals surface area contributed by atoms with Crippen LogP contribution >= 0.6 is 108 Å². The van der Waals surface area contributed by atoms with Crippen LogP contribution in [-0.4, -0.2) is 169 Å². The van der Waals surface area contributed by atoms with Gasteiger partial charge in [0.2, 0.25) is 11.8 Å². The number of hydrogen-bond acceptors (Lipinski definition) is 17. The molecular weight excluding hydrogens is 1480 g/mol. The van der Waals surface area contributed by atoms with Crippen molar-refractivity contribution in [3.05, 3.63) is 142 Å². The summed E-state index contributed by atoms with van der Waals surface area (Å²) < 4.78 is 41.6. The number of methoxy groups -OCH3 is 2. The van der Waals surface area contributed by atoms with Gasteiger partial charge in [-0.1, -0.05) is 49.5 Å². The Morgan fingerprint density at radius 2 is 1.10 bits per heavy atom. The third-order valence-electron chi connectivity index (χ3n) is 11.9. The van der Waals surface area contributed by atoms with E-state index in [1.807, 2.05) is 71.5 Å². The average molecular weight is 1560 g/mol. The minimum Gasteiger partial charge on any atom is -0.480 e. The number of carbonyl (C=O) groups excluding carboxylic acids is 3. The molecule has 479 valence electrons. The quantitative estimate of drug-likeness (QED) is 0.0802. The average Bonchev–Trinajstić information content (AvgIpc) is 2.12. The number of aryl methyl sites for hydroxylation is 2. The zero-order chi connectivity index (χ0) is 68.4. The van der Waals surface area contributed by atoms with E-state index < -0.39 is 13.1 Å². The van der Waals surface area contributed by atoms with Crippen molar-refractivity contribution in [2.45, 2.75) is 73.0 Å². The zero-order valence-electron chi connectivity index (χ0n) is 53.7. The smallest absolute Gasteiger partial charge is 0.480 e. The summed E-state index contributed by atoms with van der Waals surface area (Å²) in [6, 6.07) is 20.4. The summed E-state index contributed by atoms with van der Waals surface area (Å²) in [6.45, 7) is 16.0. The van der Waals surface area contributed by atoms with Gasteiger partial charge < -0.3 is 47.4 Å². The highest BCUT2D eigenvalue weighted by molar-refractivity contribution is 14.1. The van der Waals surface area contributed by atoms with E-state index in [-0.39, 0.29) is 40.5 Å². The molecule has 8 aromatic rings. The van der Waals surface area contributed by atoms with Crippen molar-refractivity contribution in [2.75, 3.05) is 68.3 Å². The first-order chi connectivity index (χ1) is 42.2. The number of aromatic nitrogens is 6. The lowest BCUT2D eigenvalue weighted by Gasteiger charge is -2.32. The monoisotopic (exact) mass is 1560 g/mol. The fourth-order valence-corrected chi connectivity index (χ4v) is 8.27. The van der Waals surface area contributed by atoms with Gasteiger partial charge in [-0.15, -0.1) is 9.24 Å². The van der Waals surface area contributed by atoms with E-state index in [0.717, 1.165) is 36.1 Å². The van der Waals surface area contributed by atoms with Crippen LogP contribution in [0.25, 0.3) is 33.5 Å². The molecule has 20 nitrogen and oxygen atoms in total. The largest absolute Gasteiger partial charge is 0.496 e. The van der Waals surface area contributed by atoms with Gasteiger partial charge in [0.1, 0.15) is 41.4 Å². The molecule has 0 bridgehead atoms. The first kappa shape index (κ1) is 78.2. The SMILES string of the molecule is CCC.COc1nc(C(=O)N(C)C)ccc1-c1cc2nccc(Cl)c2o1.COc1nc(C(=O)O)ccc1Br.CSCP.Cc1nc(C(=O)N(C)C)ccc1B1OC(C)(C)C(C)(C)O1.Cc1nc(C(=O)N(C)C)ccc1Br.Clc1ccnc2cc(I)oc12.[2H][B]P. The predicted molar refractivity (Wildman–Crippen MR) is 382 cm³/mol. The number of rotatable bonds is 9. The van der Waals surface area contributed by atoms with Gasteiger partial charge in [-0.2, -0.15) is 20.9 Å². The number of furan rings is 2. The summed E-state index contributed by atoms with van der Waals surface area (Å²) >= 11 is 22.3. The van der Waals surface area contributed by atoms with Gasteiger partial charge in [0, 0.05) is 87.9 Å². The van der Waals surface area contributed by atoms with Gasteiger partial charge in [0.15, 0.2) is 20.6 Å². The molecule has 9 heterocycles. The molecule has 2 atom stereocenters. The number of thioether (sulfide) groups is 1. The summed E-state index contributed by atoms with van der Waals surface area (Å²) in [5, 5.41) is 9.65. The number of fused-ring (bicyclic) bond motifs is 2. The highest BCUT2D eigenvalue weighted by atomic mass is 127. The standard InChI is InChI=1S/C16H14ClN3O3.C15H23BN2O3.C9H11BrN2O.C7H6BrNO3.C7H3ClINO.C3H8.C2H7PS.BH3P/c1-20(2)16(21)11-5-4-9(15(19-11)22-3)13-8-12-14(23-13)10(17)6-7-18-12;1-10-11(8-9-12(17-10)13(19)18(6)7)16-20-14(2,3)15(4,5)21-16;1-6-7(10)4-5-8(11-6)9(13)12(2)3;1-12-6-4(8)2-3-5(9-6)7(10)11;8-4-1-2-10-5-3-6(9)11-7(4)5;1-3-2;1-4-2-3;1-2/h4-8H,1-3H3;8-9H,1-7H3;4-5H,1-3H3;2-3H,1H3,(H,10,11);1-3H;3H2,1-2H3;2-3H2,1H3;1H,2H2/i;;;;;;;1D. The zero-order valence-corrected chi connectivity index (χ0v) is 62.6. The molecule has 0 aliphatic carbocycles. The predicted octanol–water partition coefficient (Wildman–Crippen LogP) is 13.4. The molecule has 1 radical (unpaired) electrons. The summed E-state index contributed by atoms with van der Waals surface area (Å²) in [4.78, 5) is 75.1. The molecule has 0 spiro atoms. The second-order valence-electron chi connectivity index (χ2n) is 19.9. The number of carbonyl (C=O) groups is 4. The van der Waals surface area contributed by atoms with Crippen molar-refractivity contribution in [1.82, 2.24) is 44.6 Å². The van der Waals surface area contributed by atoms with Crippen LogP contribution in [-0.2, 0) is 9.31 Å². The number of aromatic carboxylic acids is 1. The second-order valence-corrected chi connectivity index (χ2v) is 25.4. The van der Waals surface area contributed by atoms with Crippen LogP contribution in [0, 0.1) is 17.6 Å². The number of ether oxygens (including phenoxy) is 2. The Balaban J connectivity index is 0.000000378. The van der Waals surface area contributed by atoms with Crippen LogP contribution in [0.3, 0.4) is 0 Å². The van der Waals surface area contributed by atoms with Crippen LogP contribution in [0.15, 0.2) is 103 Å². The minimum absolute atomic E-state index is 0.0324. The van der Waals surface area contributed by atoms with Crippen molar-refractivity contribution in [1.29, 1.82) is 1.34 Å². The number of carboxylic acids is 1. The topological polar surface area (TPSA) is 239 Å². The molecule has 30 heteroatoms. The lowest BCUT2D eigenvalue weighted by atomic mass is 9.78. The first-order valence-corrected chi connectivity index (χ1v) is 33.0. The third-order valence-corrected chi connectivity index (χ3v) is 15.8. The van der Waals surface area contributed by atoms with Crippen molar-refractivity contribution >= 4 is 174 Å². The van der Waals surface area contributed by atoms with Crippen LogP contribution in [0.2, 0.25) is 10.0 Å². The van der Waals surface area contributed by atoms with Gasteiger partial charge >= 0.3 is 13.1 Å². The maximum absolute atomic E-state index is 12.0. The summed E-state index contributed by atoms with van der Waals surface area (Å²) in [5.74, 6) is -0.365. The second kappa shape index (κ2) is 38.7. The van der Waals surface area contributed by atoms with Gasteiger partial charge in [0.25, 0.3) is 17.7 Å². The lowest BCUT2D eigenvalue weighted by Crippen LogP contribution is -2.41. The highest BCUT2D eigenvalue weighted by Gasteiger charge is 2.52. The maximum atomic E-state index is 12.0. The van der Waals surface area contributed by atoms with Gasteiger partial charge in [-0.3, -0.25) is 24.4 Å². The number of hydrogen-bond donors (Lipinski definition) is 1. The summed E-state index contributed by atoms with van der Waals surface area (Å²) in [5.41, 5.74) is 7.23. The Bertz CT molecular complexity index is 3640. The minimum atomic E-state index is -1.07. The molecule has 2 unspecified atom stereocenters. The maximum Gasteiger partial charge on any atom is 0.496 e. The van der Waals surface area contributed by atoms with E-state index in [0.29, 0.717) is 65.5 Å². The van der Waals surface area contributed by atoms with E-state index >= 15 is 0 Å². The van der Waals surface area contributed by atoms with Gasteiger partial charge in [-0.25, -0.2) is 24.7 Å². The van der Waals surface area contributed by atoms with Crippen molar-refractivity contribution in [2.24, 2.45) is 0 Å². The molecule has 0 aromatic carbocycles. The molecule has 9 rings (SSSR count). The highest BCUT2D eigenvalue weighted by Crippen LogP contribution is 2.37. The molecule has 1 N–H and O–H groups in total. The Morgan fingerprint density at radius 3 is 1.52 bits per heavy atom. The Hall–Kier alpha value is -5.01. The number of amides is 3. The summed E-state index contributed by atoms with van der Waals surface area (Å²) in [6.07, 6.45) is 6.60. The molecule has 8 aromatic heterocycles. The Kier molecular flexibility index (Phi) is 34.1. The Morgan fingerprint density at radius 1 is 0.697 bits per heavy atom. The van der Waals surface area contributed by atoms with Crippen LogP contribution in [0.4, 0.5) is 0 Å². The molecule has 3 amide bonds. The van der Waals surface area contributed by atoms with E-state index in [4.69, 9.17) is 57.3 Å². The fraction of sp³-hybridized carbons (Fsp3) is 0.356. The number of carboxylic acid groups (broad SMARTS) is 1. The Labute approximate surface area is 573 Å². The van der Waals surface area contributed by atoms with Crippen molar-refractivity contribution in [3.8, 4) is 23.1 Å². The summed E-state index contributed by atoms with van der Waals surface area (Å²) in [7, 11) is 18.5. The molecule has 0 saturated carbocycles. The van der Waals surface area contributed by atoms with Crippen LogP contribution in [0.5, 0.6) is 11.8 Å². The normalized spacial score (nSPS) is 12.2. The van der Waals surface area contributed by atoms with Crippen LogP contribution < -0.4 is 14.9 Å². The van der Waals surface area contributed by atoms with Crippen LogP contribution in [0.1, 0.15) is 101 Å². The molecule has 1 aliphatic rings. The molecular formula is C59H75B2Br2Cl2IN9O11P2S. The van der Waals surface area contributed by atoms with Crippen molar-refractivity contribution in [3.63, 3.8) is 0 Å². The van der Waals surface area contributed by atoms with Gasteiger partial charge in [-0.05, 0) is 158 Å². The van der Waals surface area contributed by atoms with Crippen molar-refractivity contribution < 1.29 is 51.9 Å². The molecule has 89 heavy (non-hydrogen) atoms. The number of pyridine rings is 6. The molecule has 1 fully saturated rings. The number of nitrogens with zero attached hydrogens (tertiary/aromatic N) is 9. The van der Waals surface area contributed by atoms with E-state index in [1.165, 1.54) is 48.9 Å². The van der Waals surface area contributed by atoms with Gasteiger partial charge in [0.05, 0.1) is 51.2 Å². The third kappa shape index (κ3) is 23.9. The first-order valence-electron chi connectivity index (χ1n) is 27.3. The van der Waals surface area contributed by atoms with E-state index in [2.05, 4.69) is 123 Å². The lowest BCUT2D eigenvalue weighted by molar-refractivity contribution is 0.00578. The fourth-order valence-electron chi connectivity index (χ4n) is 6.77. The number of halogens is 5. The molecule has 1 saturated heterocycles.